The molecule has 0 radical (unpaired) electrons. The van der Waals surface area contributed by atoms with E-state index >= 15 is 0 Å². The highest BCUT2D eigenvalue weighted by Gasteiger charge is 2.17. The summed E-state index contributed by atoms with van der Waals surface area (Å²) in [4.78, 5) is 28.0. The van der Waals surface area contributed by atoms with Crippen LogP contribution in [0.3, 0.4) is 0 Å². The molecular weight excluding hydrogens is 318 g/mol. The third-order valence-electron chi connectivity index (χ3n) is 4.06. The highest BCUT2D eigenvalue weighted by atomic mass is 16.1. The Bertz CT molecular complexity index is 700. The second-order valence-corrected chi connectivity index (χ2v) is 5.91. The molecule has 1 amide bonds. The van der Waals surface area contributed by atoms with E-state index in [1.165, 1.54) is 6.92 Å². The third-order valence-corrected chi connectivity index (χ3v) is 4.06. The number of hydrogen-bond donors (Lipinski definition) is 2. The minimum absolute atomic E-state index is 0.0421. The van der Waals surface area contributed by atoms with Crippen molar-refractivity contribution in [2.75, 3.05) is 44.6 Å². The number of carbonyl (C=O) groups excluding carboxylic acids is 2. The van der Waals surface area contributed by atoms with Crippen LogP contribution in [0.2, 0.25) is 0 Å². The molecule has 132 valence electrons. The summed E-state index contributed by atoms with van der Waals surface area (Å²) in [6.45, 7) is 6.16. The summed E-state index contributed by atoms with van der Waals surface area (Å²) < 4.78 is 0. The van der Waals surface area contributed by atoms with Gasteiger partial charge in [0.15, 0.2) is 5.78 Å². The Morgan fingerprint density at radius 2 is 2.04 bits per heavy atom. The van der Waals surface area contributed by atoms with Gasteiger partial charge in [-0.2, -0.15) is 5.26 Å². The van der Waals surface area contributed by atoms with E-state index in [9.17, 15) is 14.9 Å². The van der Waals surface area contributed by atoms with Crippen molar-refractivity contribution in [2.45, 2.75) is 6.92 Å². The highest BCUT2D eigenvalue weighted by Crippen LogP contribution is 2.13. The molecule has 25 heavy (non-hydrogen) atoms. The number of nitrogens with two attached hydrogens (primary N) is 1. The number of piperazine rings is 1. The number of carbonyl (C=O) groups is 2. The Morgan fingerprint density at radius 1 is 1.32 bits per heavy atom. The van der Waals surface area contributed by atoms with E-state index in [2.05, 4.69) is 10.2 Å². The Labute approximate surface area is 147 Å². The van der Waals surface area contributed by atoms with Gasteiger partial charge in [0.25, 0.3) is 5.91 Å². The molecule has 0 aromatic heterocycles. The summed E-state index contributed by atoms with van der Waals surface area (Å²) in [6, 6.07) is 8.61. The monoisotopic (exact) mass is 341 g/mol. The lowest BCUT2D eigenvalue weighted by atomic mass is 10.1. The van der Waals surface area contributed by atoms with E-state index in [1.807, 2.05) is 11.0 Å². The Morgan fingerprint density at radius 3 is 2.64 bits per heavy atom. The summed E-state index contributed by atoms with van der Waals surface area (Å²) in [7, 11) is 0. The van der Waals surface area contributed by atoms with Crippen LogP contribution in [0.1, 0.15) is 17.3 Å². The molecule has 1 aliphatic rings. The van der Waals surface area contributed by atoms with E-state index in [0.29, 0.717) is 17.8 Å². The second-order valence-electron chi connectivity index (χ2n) is 5.91. The maximum absolute atomic E-state index is 12.3. The predicted molar refractivity (Wildman–Crippen MR) is 95.8 cm³/mol. The van der Waals surface area contributed by atoms with Gasteiger partial charge in [-0.3, -0.25) is 14.5 Å². The number of nitrogens with zero attached hydrogens (tertiary/aromatic N) is 3. The zero-order chi connectivity index (χ0) is 18.2. The molecule has 3 N–H and O–H groups in total. The average Bonchev–Trinajstić information content (AvgIpc) is 2.61. The number of nitrogens with one attached hydrogen (secondary N) is 1. The number of rotatable bonds is 6. The van der Waals surface area contributed by atoms with Gasteiger partial charge in [-0.1, -0.05) is 12.1 Å². The largest absolute Gasteiger partial charge is 0.374 e. The molecule has 7 nitrogen and oxygen atoms in total. The number of amides is 1. The van der Waals surface area contributed by atoms with Gasteiger partial charge in [0.2, 0.25) is 0 Å². The van der Waals surface area contributed by atoms with Crippen molar-refractivity contribution < 1.29 is 9.59 Å². The van der Waals surface area contributed by atoms with Crippen LogP contribution in [0.25, 0.3) is 0 Å². The van der Waals surface area contributed by atoms with E-state index < -0.39 is 5.91 Å². The molecule has 0 unspecified atom stereocenters. The summed E-state index contributed by atoms with van der Waals surface area (Å²) in [5.74, 6) is -0.560. The number of hydrogen-bond acceptors (Lipinski definition) is 6. The van der Waals surface area contributed by atoms with Crippen molar-refractivity contribution in [2.24, 2.45) is 5.73 Å². The number of ketones is 1. The second kappa shape index (κ2) is 8.97. The molecule has 0 saturated carbocycles. The number of nitriles is 1. The first-order valence-electron chi connectivity index (χ1n) is 8.24. The van der Waals surface area contributed by atoms with Gasteiger partial charge in [0.1, 0.15) is 11.6 Å². The first kappa shape index (κ1) is 18.6. The molecule has 1 fully saturated rings. The van der Waals surface area contributed by atoms with Gasteiger partial charge in [-0.15, -0.1) is 0 Å². The van der Waals surface area contributed by atoms with Crippen molar-refractivity contribution >= 4 is 17.4 Å². The molecule has 0 bridgehead atoms. The topological polar surface area (TPSA) is 102 Å². The van der Waals surface area contributed by atoms with Gasteiger partial charge < -0.3 is 16.0 Å². The molecular formula is C18H23N5O2. The number of Topliss-reactive ketones (excluding diaryl/α,β-unsaturated/α-hetero) is 1. The fourth-order valence-corrected chi connectivity index (χ4v) is 2.63. The van der Waals surface area contributed by atoms with Crippen LogP contribution in [-0.4, -0.2) is 60.8 Å². The van der Waals surface area contributed by atoms with Gasteiger partial charge in [0, 0.05) is 56.7 Å². The Kier molecular flexibility index (Phi) is 6.69. The SMILES string of the molecule is CC(=O)c1cccc(NC(=O)/C(C#N)=C\N2CCN(CCN)CC2)c1. The minimum atomic E-state index is -0.479. The van der Waals surface area contributed by atoms with Crippen LogP contribution in [0.15, 0.2) is 36.0 Å². The van der Waals surface area contributed by atoms with E-state index in [4.69, 9.17) is 5.73 Å². The fraction of sp³-hybridized carbons (Fsp3) is 0.389. The quantitative estimate of drug-likeness (QED) is 0.451. The van der Waals surface area contributed by atoms with Crippen molar-refractivity contribution in [3.8, 4) is 6.07 Å². The van der Waals surface area contributed by atoms with Crippen LogP contribution in [0.5, 0.6) is 0 Å². The van der Waals surface area contributed by atoms with Crippen LogP contribution >= 0.6 is 0 Å². The van der Waals surface area contributed by atoms with Crippen molar-refractivity contribution in [1.82, 2.24) is 9.80 Å². The summed E-state index contributed by atoms with van der Waals surface area (Å²) >= 11 is 0. The molecule has 0 spiro atoms. The maximum Gasteiger partial charge on any atom is 0.267 e. The molecule has 1 aromatic carbocycles. The number of benzene rings is 1. The Hall–Kier alpha value is -2.69. The first-order valence-corrected chi connectivity index (χ1v) is 8.24. The zero-order valence-corrected chi connectivity index (χ0v) is 14.4. The van der Waals surface area contributed by atoms with Crippen LogP contribution in [0.4, 0.5) is 5.69 Å². The molecule has 2 rings (SSSR count). The fourth-order valence-electron chi connectivity index (χ4n) is 2.63. The molecule has 1 saturated heterocycles. The maximum atomic E-state index is 12.3. The number of anilines is 1. The smallest absolute Gasteiger partial charge is 0.267 e. The van der Waals surface area contributed by atoms with Gasteiger partial charge >= 0.3 is 0 Å². The van der Waals surface area contributed by atoms with Crippen LogP contribution < -0.4 is 11.1 Å². The standard InChI is InChI=1S/C18H23N5O2/c1-14(24)15-3-2-4-17(11-15)21-18(25)16(12-20)13-23-9-7-22(6-5-19)8-10-23/h2-4,11,13H,5-10,19H2,1H3,(H,21,25)/b16-13-. The van der Waals surface area contributed by atoms with Crippen molar-refractivity contribution in [3.63, 3.8) is 0 Å². The van der Waals surface area contributed by atoms with Crippen LogP contribution in [-0.2, 0) is 4.79 Å². The molecule has 0 aliphatic carbocycles. The van der Waals surface area contributed by atoms with E-state index in [-0.39, 0.29) is 11.4 Å². The molecule has 1 aliphatic heterocycles. The van der Waals surface area contributed by atoms with Gasteiger partial charge in [0.05, 0.1) is 0 Å². The zero-order valence-electron chi connectivity index (χ0n) is 14.4. The highest BCUT2D eigenvalue weighted by molar-refractivity contribution is 6.07. The molecule has 1 heterocycles. The first-order chi connectivity index (χ1) is 12.0. The van der Waals surface area contributed by atoms with Crippen LogP contribution in [0, 0.1) is 11.3 Å². The Balaban J connectivity index is 2.00. The lowest BCUT2D eigenvalue weighted by Gasteiger charge is -2.33. The predicted octanol–water partition coefficient (Wildman–Crippen LogP) is 0.811. The summed E-state index contributed by atoms with van der Waals surface area (Å²) in [5, 5.41) is 12.0. The van der Waals surface area contributed by atoms with E-state index in [0.717, 1.165) is 32.7 Å². The molecule has 1 aromatic rings. The van der Waals surface area contributed by atoms with Gasteiger partial charge in [-0.25, -0.2) is 0 Å². The van der Waals surface area contributed by atoms with Crippen molar-refractivity contribution in [1.29, 1.82) is 5.26 Å². The third kappa shape index (κ3) is 5.41. The summed E-state index contributed by atoms with van der Waals surface area (Å²) in [6.07, 6.45) is 1.60. The normalized spacial score (nSPS) is 15.6. The van der Waals surface area contributed by atoms with Gasteiger partial charge in [-0.05, 0) is 19.1 Å². The minimum Gasteiger partial charge on any atom is -0.374 e. The molecule has 7 heteroatoms. The van der Waals surface area contributed by atoms with E-state index in [1.54, 1.807) is 30.5 Å². The molecule has 0 atom stereocenters. The summed E-state index contributed by atoms with van der Waals surface area (Å²) in [5.41, 5.74) is 6.60. The lowest BCUT2D eigenvalue weighted by molar-refractivity contribution is -0.112. The lowest BCUT2D eigenvalue weighted by Crippen LogP contribution is -2.45. The van der Waals surface area contributed by atoms with Crippen molar-refractivity contribution in [3.05, 3.63) is 41.6 Å². The average molecular weight is 341 g/mol.